The van der Waals surface area contributed by atoms with Gasteiger partial charge in [0.25, 0.3) is 15.7 Å². The molecule has 0 radical (unpaired) electrons. The van der Waals surface area contributed by atoms with Crippen LogP contribution in [0.4, 0.5) is 16.2 Å². The number of nitro groups is 1. The number of non-ortho nitro benzene ring substituents is 1. The van der Waals surface area contributed by atoms with Crippen molar-refractivity contribution in [3.05, 3.63) is 88.5 Å². The molecule has 3 aromatic rings. The summed E-state index contributed by atoms with van der Waals surface area (Å²) < 4.78 is 37.8. The summed E-state index contributed by atoms with van der Waals surface area (Å²) >= 11 is 0. The van der Waals surface area contributed by atoms with Gasteiger partial charge in [0.05, 0.1) is 9.82 Å². The number of nitrogens with zero attached hydrogens (tertiary/aromatic N) is 2. The molecular weight excluding hydrogens is 504 g/mol. The van der Waals surface area contributed by atoms with Crippen LogP contribution >= 0.6 is 0 Å². The van der Waals surface area contributed by atoms with E-state index in [1.807, 2.05) is 4.72 Å². The van der Waals surface area contributed by atoms with E-state index >= 15 is 0 Å². The van der Waals surface area contributed by atoms with Crippen molar-refractivity contribution in [1.29, 1.82) is 0 Å². The smallest absolute Gasteiger partial charge is 0.329 e. The summed E-state index contributed by atoms with van der Waals surface area (Å²) in [5.74, 6) is 0.502. The van der Waals surface area contributed by atoms with Gasteiger partial charge in [-0.1, -0.05) is 30.3 Å². The Morgan fingerprint density at radius 2 is 1.70 bits per heavy atom. The number of hydrogen-bond donors (Lipinski definition) is 2. The van der Waals surface area contributed by atoms with Crippen LogP contribution in [-0.2, 0) is 21.2 Å². The van der Waals surface area contributed by atoms with Crippen LogP contribution in [0.1, 0.15) is 5.56 Å². The third kappa shape index (κ3) is 5.95. The number of carbonyl (C=O) groups is 2. The predicted molar refractivity (Wildman–Crippen MR) is 132 cm³/mol. The number of nitrogens with one attached hydrogen (secondary N) is 2. The average Bonchev–Trinajstić information content (AvgIpc) is 3.36. The number of amides is 3. The Morgan fingerprint density at radius 1 is 1.03 bits per heavy atom. The van der Waals surface area contributed by atoms with Crippen LogP contribution in [0, 0.1) is 10.1 Å². The lowest BCUT2D eigenvalue weighted by Crippen LogP contribution is -2.52. The SMILES string of the molecule is CN(C(=O)[C@H](Cc1ccccc1)NC(=O)NS(=O)(=O)c1ccc([N+](=O)[O-])cc1)c1ccc2c(c1)OCO2. The summed E-state index contributed by atoms with van der Waals surface area (Å²) in [4.78, 5) is 37.2. The number of fused-ring (bicyclic) bond motifs is 1. The van der Waals surface area contributed by atoms with Gasteiger partial charge in [-0.2, -0.15) is 0 Å². The summed E-state index contributed by atoms with van der Waals surface area (Å²) in [6, 6.07) is 15.6. The van der Waals surface area contributed by atoms with Gasteiger partial charge >= 0.3 is 6.03 Å². The van der Waals surface area contributed by atoms with Gasteiger partial charge in [-0.05, 0) is 29.8 Å². The van der Waals surface area contributed by atoms with E-state index in [9.17, 15) is 28.1 Å². The van der Waals surface area contributed by atoms with Crippen molar-refractivity contribution in [2.45, 2.75) is 17.4 Å². The number of likely N-dealkylation sites (N-methyl/N-ethyl adjacent to an activating group) is 1. The number of anilines is 1. The Morgan fingerprint density at radius 3 is 2.38 bits per heavy atom. The highest BCUT2D eigenvalue weighted by Gasteiger charge is 2.28. The van der Waals surface area contributed by atoms with Crippen molar-refractivity contribution >= 4 is 33.3 Å². The van der Waals surface area contributed by atoms with Crippen LogP contribution in [0.5, 0.6) is 11.5 Å². The van der Waals surface area contributed by atoms with Gasteiger partial charge in [-0.3, -0.25) is 14.9 Å². The molecule has 3 amide bonds. The van der Waals surface area contributed by atoms with Crippen molar-refractivity contribution in [2.75, 3.05) is 18.7 Å². The van der Waals surface area contributed by atoms with Gasteiger partial charge in [0.1, 0.15) is 6.04 Å². The maximum Gasteiger partial charge on any atom is 0.329 e. The van der Waals surface area contributed by atoms with E-state index in [1.54, 1.807) is 48.5 Å². The molecule has 0 unspecified atom stereocenters. The molecule has 3 aromatic carbocycles. The average molecular weight is 527 g/mol. The Balaban J connectivity index is 1.52. The lowest BCUT2D eigenvalue weighted by Gasteiger charge is -2.25. The molecule has 0 aromatic heterocycles. The normalized spacial score (nSPS) is 12.9. The first-order chi connectivity index (χ1) is 17.6. The highest BCUT2D eigenvalue weighted by molar-refractivity contribution is 7.90. The second-order valence-electron chi connectivity index (χ2n) is 8.01. The molecule has 1 atom stereocenters. The first kappa shape index (κ1) is 25.4. The largest absolute Gasteiger partial charge is 0.454 e. The van der Waals surface area contributed by atoms with E-state index in [0.717, 1.165) is 29.8 Å². The lowest BCUT2D eigenvalue weighted by molar-refractivity contribution is -0.384. The third-order valence-electron chi connectivity index (χ3n) is 5.55. The summed E-state index contributed by atoms with van der Waals surface area (Å²) in [6.45, 7) is 0.0675. The molecule has 12 nitrogen and oxygen atoms in total. The molecular formula is C24H22N4O8S. The summed E-state index contributed by atoms with van der Waals surface area (Å²) in [7, 11) is -2.85. The number of benzene rings is 3. The molecule has 1 aliphatic heterocycles. The lowest BCUT2D eigenvalue weighted by atomic mass is 10.0. The monoisotopic (exact) mass is 526 g/mol. The molecule has 0 aliphatic carbocycles. The van der Waals surface area contributed by atoms with E-state index in [1.165, 1.54) is 11.9 Å². The zero-order valence-corrected chi connectivity index (χ0v) is 20.3. The van der Waals surface area contributed by atoms with E-state index in [2.05, 4.69) is 5.32 Å². The number of nitro benzene ring substituents is 1. The molecule has 4 rings (SSSR count). The van der Waals surface area contributed by atoms with E-state index in [4.69, 9.17) is 9.47 Å². The van der Waals surface area contributed by atoms with Crippen LogP contribution in [0.3, 0.4) is 0 Å². The predicted octanol–water partition coefficient (Wildman–Crippen LogP) is 2.59. The Kier molecular flexibility index (Phi) is 7.25. The van der Waals surface area contributed by atoms with Crippen molar-refractivity contribution in [3.63, 3.8) is 0 Å². The van der Waals surface area contributed by atoms with E-state index in [0.29, 0.717) is 17.2 Å². The molecule has 0 spiro atoms. The number of carbonyl (C=O) groups excluding carboxylic acids is 2. The zero-order valence-electron chi connectivity index (χ0n) is 19.5. The van der Waals surface area contributed by atoms with Crippen LogP contribution in [0.2, 0.25) is 0 Å². The second kappa shape index (κ2) is 10.5. The Hall–Kier alpha value is -4.65. The van der Waals surface area contributed by atoms with Gasteiger partial charge in [0, 0.05) is 37.4 Å². The maximum absolute atomic E-state index is 13.4. The fraction of sp³-hybridized carbons (Fsp3) is 0.167. The van der Waals surface area contributed by atoms with Gasteiger partial charge in [0.15, 0.2) is 11.5 Å². The summed E-state index contributed by atoms with van der Waals surface area (Å²) in [6.07, 6.45) is 0.0829. The van der Waals surface area contributed by atoms with E-state index in [-0.39, 0.29) is 23.8 Å². The van der Waals surface area contributed by atoms with E-state index < -0.39 is 32.9 Å². The van der Waals surface area contributed by atoms with Crippen molar-refractivity contribution in [2.24, 2.45) is 0 Å². The van der Waals surface area contributed by atoms with Crippen molar-refractivity contribution < 1.29 is 32.4 Å². The molecule has 0 bridgehead atoms. The summed E-state index contributed by atoms with van der Waals surface area (Å²) in [5, 5.41) is 13.3. The molecule has 0 fully saturated rings. The topological polar surface area (TPSA) is 157 Å². The quantitative estimate of drug-likeness (QED) is 0.335. The molecule has 192 valence electrons. The van der Waals surface area contributed by atoms with Crippen LogP contribution in [0.15, 0.2) is 77.7 Å². The molecule has 2 N–H and O–H groups in total. The minimum Gasteiger partial charge on any atom is -0.454 e. The van der Waals surface area contributed by atoms with Crippen LogP contribution < -0.4 is 24.4 Å². The van der Waals surface area contributed by atoms with Gasteiger partial charge in [0.2, 0.25) is 12.7 Å². The number of rotatable bonds is 8. The van der Waals surface area contributed by atoms with Crippen molar-refractivity contribution in [3.8, 4) is 11.5 Å². The zero-order chi connectivity index (χ0) is 26.6. The molecule has 0 saturated carbocycles. The second-order valence-corrected chi connectivity index (χ2v) is 9.69. The number of hydrogen-bond acceptors (Lipinski definition) is 8. The van der Waals surface area contributed by atoms with Gasteiger partial charge in [-0.25, -0.2) is 17.9 Å². The van der Waals surface area contributed by atoms with Crippen LogP contribution in [0.25, 0.3) is 0 Å². The molecule has 1 aliphatic rings. The molecule has 0 saturated heterocycles. The fourth-order valence-electron chi connectivity index (χ4n) is 3.62. The minimum atomic E-state index is -4.37. The van der Waals surface area contributed by atoms with Gasteiger partial charge in [-0.15, -0.1) is 0 Å². The highest BCUT2D eigenvalue weighted by atomic mass is 32.2. The van der Waals surface area contributed by atoms with Crippen LogP contribution in [-0.4, -0.2) is 45.2 Å². The Labute approximate surface area is 212 Å². The van der Waals surface area contributed by atoms with Crippen molar-refractivity contribution in [1.82, 2.24) is 10.0 Å². The molecule has 13 heteroatoms. The fourth-order valence-corrected chi connectivity index (χ4v) is 4.54. The van der Waals surface area contributed by atoms with Gasteiger partial charge < -0.3 is 19.7 Å². The first-order valence-corrected chi connectivity index (χ1v) is 12.4. The third-order valence-corrected chi connectivity index (χ3v) is 6.89. The molecule has 37 heavy (non-hydrogen) atoms. The standard InChI is InChI=1S/C24H22N4O8S/c1-27(18-9-12-21-22(14-18)36-15-35-21)23(29)20(13-16-5-3-2-4-6-16)25-24(30)26-37(33,34)19-10-7-17(8-11-19)28(31)32/h2-12,14,20H,13,15H2,1H3,(H2,25,26,30)/t20-/m0/s1. The summed E-state index contributed by atoms with van der Waals surface area (Å²) in [5.41, 5.74) is 0.912. The first-order valence-electron chi connectivity index (χ1n) is 10.9. The number of sulfonamides is 1. The minimum absolute atomic E-state index is 0.0675. The highest BCUT2D eigenvalue weighted by Crippen LogP contribution is 2.35. The molecule has 1 heterocycles. The maximum atomic E-state index is 13.4. The number of ether oxygens (including phenoxy) is 2. The number of urea groups is 1. The Bertz CT molecular complexity index is 1430.